The van der Waals surface area contributed by atoms with Crippen molar-refractivity contribution in [2.45, 2.75) is 38.8 Å². The van der Waals surface area contributed by atoms with Crippen molar-refractivity contribution in [1.82, 2.24) is 25.1 Å². The van der Waals surface area contributed by atoms with Crippen LogP contribution in [-0.2, 0) is 18.2 Å². The molecule has 31 heavy (non-hydrogen) atoms. The lowest BCUT2D eigenvalue weighted by Crippen LogP contribution is -2.36. The molecule has 0 aliphatic carbocycles. The standard InChI is InChI=1S/C21H26N6O4/c1-21(2,3)31-20(30)26-16(9-13-10-23-27(4)12-13)18-22-11-17(25-18)14-5-7-15(8-6-14)24-19(28)29/h5-8,10-12,16,24H,9H2,1-4H3,(H,22,25)(H,26,30)(H,28,29). The second-order valence-electron chi connectivity index (χ2n) is 8.11. The van der Waals surface area contributed by atoms with E-state index in [1.807, 2.05) is 13.2 Å². The highest BCUT2D eigenvalue weighted by molar-refractivity contribution is 5.83. The van der Waals surface area contributed by atoms with Crippen LogP contribution in [0.4, 0.5) is 15.3 Å². The van der Waals surface area contributed by atoms with E-state index in [4.69, 9.17) is 9.84 Å². The van der Waals surface area contributed by atoms with E-state index in [9.17, 15) is 9.59 Å². The first-order chi connectivity index (χ1) is 14.6. The Bertz CT molecular complexity index is 1050. The molecular formula is C21H26N6O4. The third-order valence-corrected chi connectivity index (χ3v) is 4.26. The number of hydrogen-bond donors (Lipinski definition) is 4. The third kappa shape index (κ3) is 6.33. The van der Waals surface area contributed by atoms with E-state index in [0.717, 1.165) is 16.8 Å². The van der Waals surface area contributed by atoms with Gasteiger partial charge >= 0.3 is 12.2 Å². The van der Waals surface area contributed by atoms with Crippen LogP contribution in [0, 0.1) is 0 Å². The predicted octanol–water partition coefficient (Wildman–Crippen LogP) is 3.71. The quantitative estimate of drug-likeness (QED) is 0.475. The predicted molar refractivity (Wildman–Crippen MR) is 115 cm³/mol. The zero-order valence-electron chi connectivity index (χ0n) is 17.8. The molecule has 2 amide bonds. The van der Waals surface area contributed by atoms with Crippen LogP contribution < -0.4 is 10.6 Å². The lowest BCUT2D eigenvalue weighted by Gasteiger charge is -2.22. The lowest BCUT2D eigenvalue weighted by atomic mass is 10.1. The van der Waals surface area contributed by atoms with Crippen LogP contribution in [0.15, 0.2) is 42.9 Å². The Morgan fingerprint density at radius 3 is 2.52 bits per heavy atom. The molecule has 0 saturated heterocycles. The zero-order chi connectivity index (χ0) is 22.6. The summed E-state index contributed by atoms with van der Waals surface area (Å²) in [6.45, 7) is 5.41. The number of nitrogens with zero attached hydrogens (tertiary/aromatic N) is 3. The highest BCUT2D eigenvalue weighted by Gasteiger charge is 2.23. The van der Waals surface area contributed by atoms with Gasteiger partial charge in [0.15, 0.2) is 0 Å². The molecular weight excluding hydrogens is 400 g/mol. The number of imidazole rings is 1. The number of aromatic nitrogens is 4. The Morgan fingerprint density at radius 2 is 1.94 bits per heavy atom. The minimum atomic E-state index is -1.12. The van der Waals surface area contributed by atoms with E-state index in [1.165, 1.54) is 0 Å². The molecule has 0 aliphatic rings. The number of H-pyrrole nitrogens is 1. The molecule has 0 aliphatic heterocycles. The molecule has 0 fully saturated rings. The Kier molecular flexibility index (Phi) is 6.28. The average Bonchev–Trinajstić information content (AvgIpc) is 3.29. The second kappa shape index (κ2) is 8.90. The number of hydrogen-bond acceptors (Lipinski definition) is 5. The van der Waals surface area contributed by atoms with Gasteiger partial charge in [0.2, 0.25) is 0 Å². The van der Waals surface area contributed by atoms with Crippen molar-refractivity contribution in [3.63, 3.8) is 0 Å². The molecule has 0 bridgehead atoms. The van der Waals surface area contributed by atoms with Gasteiger partial charge < -0.3 is 20.1 Å². The molecule has 3 rings (SSSR count). The molecule has 10 heteroatoms. The average molecular weight is 426 g/mol. The molecule has 164 valence electrons. The molecule has 1 unspecified atom stereocenters. The highest BCUT2D eigenvalue weighted by atomic mass is 16.6. The van der Waals surface area contributed by atoms with Crippen molar-refractivity contribution >= 4 is 17.9 Å². The first-order valence-electron chi connectivity index (χ1n) is 9.71. The summed E-state index contributed by atoms with van der Waals surface area (Å²) in [7, 11) is 1.83. The summed E-state index contributed by atoms with van der Waals surface area (Å²) in [5, 5.41) is 18.2. The Labute approximate surface area is 179 Å². The Morgan fingerprint density at radius 1 is 1.23 bits per heavy atom. The van der Waals surface area contributed by atoms with Gasteiger partial charge in [-0.3, -0.25) is 10.00 Å². The van der Waals surface area contributed by atoms with Crippen LogP contribution in [0.1, 0.15) is 38.2 Å². The van der Waals surface area contributed by atoms with E-state index in [1.54, 1.807) is 62.1 Å². The fourth-order valence-electron chi connectivity index (χ4n) is 3.00. The number of anilines is 1. The van der Waals surface area contributed by atoms with Crippen LogP contribution >= 0.6 is 0 Å². The van der Waals surface area contributed by atoms with Gasteiger partial charge in [-0.2, -0.15) is 5.10 Å². The summed E-state index contributed by atoms with van der Waals surface area (Å²) < 4.78 is 7.10. The number of carboxylic acid groups (broad SMARTS) is 1. The molecule has 4 N–H and O–H groups in total. The summed E-state index contributed by atoms with van der Waals surface area (Å²) in [5.41, 5.74) is 2.34. The van der Waals surface area contributed by atoms with E-state index in [2.05, 4.69) is 25.7 Å². The fourth-order valence-corrected chi connectivity index (χ4v) is 3.00. The molecule has 3 aromatic rings. The number of aryl methyl sites for hydroxylation is 1. The smallest absolute Gasteiger partial charge is 0.409 e. The number of nitrogens with one attached hydrogen (secondary N) is 3. The van der Waals surface area contributed by atoms with Crippen molar-refractivity contribution in [2.24, 2.45) is 7.05 Å². The number of aromatic amines is 1. The number of rotatable bonds is 6. The Hall–Kier alpha value is -3.82. The number of benzene rings is 1. The SMILES string of the molecule is Cn1cc(CC(NC(=O)OC(C)(C)C)c2ncc(-c3ccc(NC(=O)O)cc3)[nH]2)cn1. The number of carbonyl (C=O) groups is 2. The molecule has 0 spiro atoms. The van der Waals surface area contributed by atoms with Crippen LogP contribution in [0.5, 0.6) is 0 Å². The number of carbonyl (C=O) groups excluding carboxylic acids is 1. The first kappa shape index (κ1) is 21.9. The van der Waals surface area contributed by atoms with Crippen LogP contribution in [-0.4, -0.2) is 42.6 Å². The van der Waals surface area contributed by atoms with Gasteiger partial charge in [0.05, 0.1) is 24.1 Å². The molecule has 2 heterocycles. The maximum absolute atomic E-state index is 12.4. The van der Waals surface area contributed by atoms with Gasteiger partial charge in [-0.05, 0) is 44.0 Å². The molecule has 1 aromatic carbocycles. The largest absolute Gasteiger partial charge is 0.465 e. The summed E-state index contributed by atoms with van der Waals surface area (Å²) >= 11 is 0. The minimum Gasteiger partial charge on any atom is -0.465 e. The topological polar surface area (TPSA) is 134 Å². The monoisotopic (exact) mass is 426 g/mol. The number of ether oxygens (including phenoxy) is 1. The normalized spacial score (nSPS) is 12.3. The van der Waals surface area contributed by atoms with E-state index in [-0.39, 0.29) is 0 Å². The summed E-state index contributed by atoms with van der Waals surface area (Å²) in [6.07, 6.45) is 4.10. The van der Waals surface area contributed by atoms with Gasteiger partial charge in [-0.15, -0.1) is 0 Å². The van der Waals surface area contributed by atoms with Crippen LogP contribution in [0.2, 0.25) is 0 Å². The van der Waals surface area contributed by atoms with Crippen molar-refractivity contribution in [3.8, 4) is 11.3 Å². The highest BCUT2D eigenvalue weighted by Crippen LogP contribution is 2.23. The molecule has 0 radical (unpaired) electrons. The Balaban J connectivity index is 1.81. The fraction of sp³-hybridized carbons (Fsp3) is 0.333. The minimum absolute atomic E-state index is 0.458. The summed E-state index contributed by atoms with van der Waals surface area (Å²) in [4.78, 5) is 30.8. The number of alkyl carbamates (subject to hydrolysis) is 1. The van der Waals surface area contributed by atoms with Gasteiger partial charge in [0.25, 0.3) is 0 Å². The summed E-state index contributed by atoms with van der Waals surface area (Å²) in [6, 6.07) is 6.42. The van der Waals surface area contributed by atoms with Crippen LogP contribution in [0.3, 0.4) is 0 Å². The van der Waals surface area contributed by atoms with Crippen molar-refractivity contribution < 1.29 is 19.4 Å². The lowest BCUT2D eigenvalue weighted by molar-refractivity contribution is 0.0501. The van der Waals surface area contributed by atoms with Crippen molar-refractivity contribution in [2.75, 3.05) is 5.32 Å². The number of amides is 2. The molecule has 10 nitrogen and oxygen atoms in total. The van der Waals surface area contributed by atoms with Gasteiger partial charge in [-0.25, -0.2) is 14.6 Å². The summed E-state index contributed by atoms with van der Waals surface area (Å²) in [5.74, 6) is 0.567. The maximum Gasteiger partial charge on any atom is 0.409 e. The van der Waals surface area contributed by atoms with Crippen molar-refractivity contribution in [1.29, 1.82) is 0 Å². The van der Waals surface area contributed by atoms with Gasteiger partial charge in [-0.1, -0.05) is 12.1 Å². The molecule has 1 atom stereocenters. The second-order valence-corrected chi connectivity index (χ2v) is 8.11. The van der Waals surface area contributed by atoms with E-state index in [0.29, 0.717) is 17.9 Å². The maximum atomic E-state index is 12.4. The first-order valence-corrected chi connectivity index (χ1v) is 9.71. The van der Waals surface area contributed by atoms with Crippen molar-refractivity contribution in [3.05, 3.63) is 54.2 Å². The zero-order valence-corrected chi connectivity index (χ0v) is 17.8. The molecule has 2 aromatic heterocycles. The van der Waals surface area contributed by atoms with E-state index < -0.39 is 23.8 Å². The van der Waals surface area contributed by atoms with Crippen LogP contribution in [0.25, 0.3) is 11.3 Å². The van der Waals surface area contributed by atoms with Gasteiger partial charge in [0, 0.05) is 25.4 Å². The molecule has 0 saturated carbocycles. The van der Waals surface area contributed by atoms with Gasteiger partial charge in [0.1, 0.15) is 11.4 Å². The van der Waals surface area contributed by atoms with E-state index >= 15 is 0 Å². The third-order valence-electron chi connectivity index (χ3n) is 4.26.